The van der Waals surface area contributed by atoms with Crippen LogP contribution in [0.1, 0.15) is 17.5 Å². The van der Waals surface area contributed by atoms with E-state index in [1.54, 1.807) is 0 Å². The average molecular weight is 356 g/mol. The van der Waals surface area contributed by atoms with Crippen molar-refractivity contribution in [3.63, 3.8) is 0 Å². The highest BCUT2D eigenvalue weighted by molar-refractivity contribution is 6.30. The fourth-order valence-corrected chi connectivity index (χ4v) is 3.88. The number of anilines is 2. The van der Waals surface area contributed by atoms with E-state index >= 15 is 0 Å². The molecule has 2 amide bonds. The third kappa shape index (κ3) is 3.59. The van der Waals surface area contributed by atoms with Crippen molar-refractivity contribution in [2.45, 2.75) is 19.3 Å². The molecule has 1 aliphatic heterocycles. The zero-order valence-electron chi connectivity index (χ0n) is 14.2. The fraction of sp³-hybridized carbons (Fsp3) is 0.350. The fourth-order valence-electron chi connectivity index (χ4n) is 3.69. The molecule has 2 aliphatic rings. The molecule has 1 aliphatic carbocycles. The molecule has 1 fully saturated rings. The van der Waals surface area contributed by atoms with Crippen LogP contribution in [0.2, 0.25) is 5.02 Å². The molecule has 4 nitrogen and oxygen atoms in total. The van der Waals surface area contributed by atoms with Crippen LogP contribution in [0.25, 0.3) is 0 Å². The van der Waals surface area contributed by atoms with Gasteiger partial charge in [-0.25, -0.2) is 4.79 Å². The average Bonchev–Trinajstić information content (AvgIpc) is 3.09. The predicted molar refractivity (Wildman–Crippen MR) is 103 cm³/mol. The maximum Gasteiger partial charge on any atom is 0.321 e. The van der Waals surface area contributed by atoms with Crippen LogP contribution in [-0.4, -0.2) is 37.1 Å². The minimum Gasteiger partial charge on any atom is -0.368 e. The summed E-state index contributed by atoms with van der Waals surface area (Å²) in [6.45, 7) is 3.06. The highest BCUT2D eigenvalue weighted by Gasteiger charge is 2.22. The zero-order chi connectivity index (χ0) is 17.2. The van der Waals surface area contributed by atoms with E-state index in [0.29, 0.717) is 13.1 Å². The van der Waals surface area contributed by atoms with Gasteiger partial charge >= 0.3 is 6.03 Å². The van der Waals surface area contributed by atoms with E-state index in [4.69, 9.17) is 11.6 Å². The van der Waals surface area contributed by atoms with Crippen LogP contribution >= 0.6 is 11.6 Å². The number of amides is 2. The Kier molecular flexibility index (Phi) is 4.53. The first kappa shape index (κ1) is 16.3. The van der Waals surface area contributed by atoms with Gasteiger partial charge < -0.3 is 15.1 Å². The van der Waals surface area contributed by atoms with Crippen molar-refractivity contribution < 1.29 is 4.79 Å². The highest BCUT2D eigenvalue weighted by atomic mass is 35.5. The minimum absolute atomic E-state index is 0.0105. The smallest absolute Gasteiger partial charge is 0.321 e. The molecular formula is C20H22ClN3O. The van der Waals surface area contributed by atoms with E-state index in [2.05, 4.69) is 28.4 Å². The van der Waals surface area contributed by atoms with Crippen LogP contribution in [0.5, 0.6) is 0 Å². The highest BCUT2D eigenvalue weighted by Crippen LogP contribution is 2.25. The number of piperazine rings is 1. The molecule has 25 heavy (non-hydrogen) atoms. The summed E-state index contributed by atoms with van der Waals surface area (Å²) in [7, 11) is 0. The molecule has 2 aromatic carbocycles. The van der Waals surface area contributed by atoms with Crippen LogP contribution in [0, 0.1) is 0 Å². The summed E-state index contributed by atoms with van der Waals surface area (Å²) in [6, 6.07) is 14.2. The second kappa shape index (κ2) is 6.96. The predicted octanol–water partition coefficient (Wildman–Crippen LogP) is 4.18. The monoisotopic (exact) mass is 355 g/mol. The SMILES string of the molecule is O=C(Nc1ccc2c(c1)CCC2)N1CCN(c2cccc(Cl)c2)CC1. The van der Waals surface area contributed by atoms with Crippen molar-refractivity contribution in [2.24, 2.45) is 0 Å². The lowest BCUT2D eigenvalue weighted by Crippen LogP contribution is -2.50. The molecule has 0 spiro atoms. The van der Waals surface area contributed by atoms with Crippen molar-refractivity contribution >= 4 is 29.0 Å². The number of aryl methyl sites for hydroxylation is 2. The van der Waals surface area contributed by atoms with Gasteiger partial charge in [0.1, 0.15) is 0 Å². The Balaban J connectivity index is 1.35. The van der Waals surface area contributed by atoms with Crippen LogP contribution in [-0.2, 0) is 12.8 Å². The topological polar surface area (TPSA) is 35.6 Å². The van der Waals surface area contributed by atoms with E-state index in [-0.39, 0.29) is 6.03 Å². The van der Waals surface area contributed by atoms with Crippen molar-refractivity contribution in [1.29, 1.82) is 0 Å². The Hall–Kier alpha value is -2.20. The van der Waals surface area contributed by atoms with Crippen LogP contribution in [0.4, 0.5) is 16.2 Å². The summed E-state index contributed by atoms with van der Waals surface area (Å²) < 4.78 is 0. The Bertz CT molecular complexity index is 784. The Labute approximate surface area is 153 Å². The summed E-state index contributed by atoms with van der Waals surface area (Å²) in [4.78, 5) is 16.7. The number of hydrogen-bond donors (Lipinski definition) is 1. The van der Waals surface area contributed by atoms with Gasteiger partial charge in [0.05, 0.1) is 0 Å². The number of halogens is 1. The van der Waals surface area contributed by atoms with Gasteiger partial charge in [-0.1, -0.05) is 23.7 Å². The van der Waals surface area contributed by atoms with Crippen molar-refractivity contribution in [3.8, 4) is 0 Å². The molecule has 2 aromatic rings. The van der Waals surface area contributed by atoms with Gasteiger partial charge in [0.25, 0.3) is 0 Å². The van der Waals surface area contributed by atoms with Gasteiger partial charge in [0, 0.05) is 42.6 Å². The molecule has 4 rings (SSSR count). The number of urea groups is 1. The summed E-state index contributed by atoms with van der Waals surface area (Å²) in [5, 5.41) is 3.80. The first-order chi connectivity index (χ1) is 12.2. The van der Waals surface area contributed by atoms with Crippen molar-refractivity contribution in [1.82, 2.24) is 4.90 Å². The quantitative estimate of drug-likeness (QED) is 0.877. The van der Waals surface area contributed by atoms with E-state index in [1.807, 2.05) is 29.2 Å². The van der Waals surface area contributed by atoms with Crippen LogP contribution in [0.3, 0.4) is 0 Å². The number of fused-ring (bicyclic) bond motifs is 1. The first-order valence-electron chi connectivity index (χ1n) is 8.87. The van der Waals surface area contributed by atoms with Crippen LogP contribution < -0.4 is 10.2 Å². The number of nitrogens with one attached hydrogen (secondary N) is 1. The summed E-state index contributed by atoms with van der Waals surface area (Å²) in [5.41, 5.74) is 4.82. The summed E-state index contributed by atoms with van der Waals surface area (Å²) in [5.74, 6) is 0. The largest absolute Gasteiger partial charge is 0.368 e. The number of rotatable bonds is 2. The van der Waals surface area contributed by atoms with Gasteiger partial charge in [0.15, 0.2) is 0 Å². The van der Waals surface area contributed by atoms with E-state index < -0.39 is 0 Å². The third-order valence-corrected chi connectivity index (χ3v) is 5.33. The van der Waals surface area contributed by atoms with E-state index in [1.165, 1.54) is 17.5 Å². The molecule has 130 valence electrons. The normalized spacial score (nSPS) is 16.7. The van der Waals surface area contributed by atoms with Crippen molar-refractivity contribution in [3.05, 3.63) is 58.6 Å². The molecular weight excluding hydrogens is 334 g/mol. The lowest BCUT2D eigenvalue weighted by molar-refractivity contribution is 0.208. The summed E-state index contributed by atoms with van der Waals surface area (Å²) >= 11 is 6.07. The van der Waals surface area contributed by atoms with Crippen molar-refractivity contribution in [2.75, 3.05) is 36.4 Å². The molecule has 0 atom stereocenters. The second-order valence-electron chi connectivity index (χ2n) is 6.72. The van der Waals surface area contributed by atoms with Gasteiger partial charge in [-0.05, 0) is 60.7 Å². The number of nitrogens with zero attached hydrogens (tertiary/aromatic N) is 2. The maximum absolute atomic E-state index is 12.5. The number of benzene rings is 2. The molecule has 0 radical (unpaired) electrons. The number of carbonyl (C=O) groups excluding carboxylic acids is 1. The molecule has 0 bridgehead atoms. The molecule has 1 heterocycles. The van der Waals surface area contributed by atoms with E-state index in [9.17, 15) is 4.79 Å². The van der Waals surface area contributed by atoms with Crippen LogP contribution in [0.15, 0.2) is 42.5 Å². The van der Waals surface area contributed by atoms with Gasteiger partial charge in [-0.3, -0.25) is 0 Å². The number of carbonyl (C=O) groups is 1. The molecule has 0 aromatic heterocycles. The van der Waals surface area contributed by atoms with Gasteiger partial charge in [-0.2, -0.15) is 0 Å². The Morgan fingerprint density at radius 2 is 1.76 bits per heavy atom. The minimum atomic E-state index is -0.0105. The Morgan fingerprint density at radius 3 is 2.56 bits per heavy atom. The standard InChI is InChI=1S/C20H22ClN3O/c21-17-5-2-6-19(14-17)23-9-11-24(12-10-23)20(25)22-18-8-7-15-3-1-4-16(15)13-18/h2,5-8,13-14H,1,3-4,9-12H2,(H,22,25). The lowest BCUT2D eigenvalue weighted by atomic mass is 10.1. The molecule has 1 N–H and O–H groups in total. The first-order valence-corrected chi connectivity index (χ1v) is 9.25. The maximum atomic E-state index is 12.5. The molecule has 1 saturated heterocycles. The third-order valence-electron chi connectivity index (χ3n) is 5.09. The van der Waals surface area contributed by atoms with E-state index in [0.717, 1.165) is 42.3 Å². The summed E-state index contributed by atoms with van der Waals surface area (Å²) in [6.07, 6.45) is 3.50. The number of hydrogen-bond acceptors (Lipinski definition) is 2. The Morgan fingerprint density at radius 1 is 0.960 bits per heavy atom. The zero-order valence-corrected chi connectivity index (χ0v) is 14.9. The molecule has 0 saturated carbocycles. The van der Waals surface area contributed by atoms with Gasteiger partial charge in [-0.15, -0.1) is 0 Å². The second-order valence-corrected chi connectivity index (χ2v) is 7.16. The van der Waals surface area contributed by atoms with Gasteiger partial charge in [0.2, 0.25) is 0 Å². The molecule has 5 heteroatoms. The molecule has 0 unspecified atom stereocenters. The lowest BCUT2D eigenvalue weighted by Gasteiger charge is -2.36.